The van der Waals surface area contributed by atoms with Crippen LogP contribution in [-0.2, 0) is 22.4 Å². The van der Waals surface area contributed by atoms with Gasteiger partial charge in [0.1, 0.15) is 18.5 Å². The first-order valence-electron chi connectivity index (χ1n) is 10.2. The fraction of sp³-hybridized carbons (Fsp3) is 0.700. The van der Waals surface area contributed by atoms with Gasteiger partial charge in [0.15, 0.2) is 0 Å². The zero-order chi connectivity index (χ0) is 21.1. The molecule has 0 amide bonds. The highest BCUT2D eigenvalue weighted by Crippen LogP contribution is 2.20. The number of nitrogens with zero attached hydrogens (tertiary/aromatic N) is 2. The van der Waals surface area contributed by atoms with Crippen molar-refractivity contribution >= 4 is 11.8 Å². The van der Waals surface area contributed by atoms with Crippen molar-refractivity contribution in [2.24, 2.45) is 5.73 Å². The molecule has 0 unspecified atom stereocenters. The summed E-state index contributed by atoms with van der Waals surface area (Å²) in [5.41, 5.74) is 7.90. The third-order valence-electron chi connectivity index (χ3n) is 4.98. The lowest BCUT2D eigenvalue weighted by Gasteiger charge is -2.23. The van der Waals surface area contributed by atoms with Gasteiger partial charge in [-0.15, -0.1) is 0 Å². The smallest absolute Gasteiger partial charge is 0.320 e. The molecule has 0 spiro atoms. The normalized spacial score (nSPS) is 14.7. The van der Waals surface area contributed by atoms with Gasteiger partial charge in [-0.2, -0.15) is 0 Å². The minimum absolute atomic E-state index is 0.185. The van der Waals surface area contributed by atoms with Crippen LogP contribution >= 0.6 is 0 Å². The molecule has 0 aromatic carbocycles. The van der Waals surface area contributed by atoms with Crippen molar-refractivity contribution in [3.8, 4) is 0 Å². The summed E-state index contributed by atoms with van der Waals surface area (Å²) < 4.78 is 29.3. The summed E-state index contributed by atoms with van der Waals surface area (Å²) in [5.74, 6) is -0.0415. The maximum atomic E-state index is 12.2. The standard InChI is InChI=1S/C20H32F2N4O3/c21-18(22)14-29-13-12-26(11-8-17(23)20(27)28)10-2-1-5-16-7-6-15-4-3-9-24-19(15)25-16/h6-7,17-18H,1-5,8-14,23H2,(H,24,25)(H,27,28)/t17-/m0/s1. The predicted octanol–water partition coefficient (Wildman–Crippen LogP) is 2.15. The number of hydrogen-bond acceptors (Lipinski definition) is 6. The molecule has 0 saturated heterocycles. The van der Waals surface area contributed by atoms with Crippen molar-refractivity contribution in [1.29, 1.82) is 0 Å². The Bertz CT molecular complexity index is 634. The topological polar surface area (TPSA) is 101 Å². The number of alkyl halides is 2. The van der Waals surface area contributed by atoms with E-state index in [1.807, 2.05) is 4.90 Å². The van der Waals surface area contributed by atoms with Gasteiger partial charge in [-0.3, -0.25) is 4.79 Å². The number of aromatic nitrogens is 1. The number of carbonyl (C=O) groups is 1. The molecule has 2 rings (SSSR count). The van der Waals surface area contributed by atoms with E-state index in [1.54, 1.807) is 0 Å². The predicted molar refractivity (Wildman–Crippen MR) is 107 cm³/mol. The first-order valence-corrected chi connectivity index (χ1v) is 10.2. The van der Waals surface area contributed by atoms with E-state index in [0.29, 0.717) is 19.5 Å². The molecule has 29 heavy (non-hydrogen) atoms. The quantitative estimate of drug-likeness (QED) is 0.401. The lowest BCUT2D eigenvalue weighted by Crippen LogP contribution is -2.37. The molecule has 1 aromatic heterocycles. The van der Waals surface area contributed by atoms with Crippen molar-refractivity contribution in [3.63, 3.8) is 0 Å². The summed E-state index contributed by atoms with van der Waals surface area (Å²) in [6, 6.07) is 3.30. The van der Waals surface area contributed by atoms with E-state index in [9.17, 15) is 13.6 Å². The van der Waals surface area contributed by atoms with Gasteiger partial charge in [-0.05, 0) is 56.7 Å². The number of halogens is 2. The number of anilines is 1. The second-order valence-corrected chi connectivity index (χ2v) is 7.34. The van der Waals surface area contributed by atoms with Gasteiger partial charge >= 0.3 is 5.97 Å². The number of unbranched alkanes of at least 4 members (excludes halogenated alkanes) is 1. The van der Waals surface area contributed by atoms with Crippen LogP contribution < -0.4 is 11.1 Å². The highest BCUT2D eigenvalue weighted by Gasteiger charge is 2.14. The maximum Gasteiger partial charge on any atom is 0.320 e. The van der Waals surface area contributed by atoms with E-state index < -0.39 is 25.0 Å². The Morgan fingerprint density at radius 3 is 2.90 bits per heavy atom. The third kappa shape index (κ3) is 9.01. The van der Waals surface area contributed by atoms with Crippen molar-refractivity contribution in [1.82, 2.24) is 9.88 Å². The van der Waals surface area contributed by atoms with E-state index in [1.165, 1.54) is 5.56 Å². The highest BCUT2D eigenvalue weighted by molar-refractivity contribution is 5.72. The lowest BCUT2D eigenvalue weighted by molar-refractivity contribution is -0.138. The fourth-order valence-corrected chi connectivity index (χ4v) is 3.30. The number of carboxylic acid groups (broad SMARTS) is 1. The molecule has 1 atom stereocenters. The number of carboxylic acids is 1. The second-order valence-electron chi connectivity index (χ2n) is 7.34. The number of aryl methyl sites for hydroxylation is 2. The fourth-order valence-electron chi connectivity index (χ4n) is 3.30. The minimum atomic E-state index is -2.48. The molecule has 0 radical (unpaired) electrons. The van der Waals surface area contributed by atoms with Crippen LogP contribution in [0.1, 0.15) is 36.9 Å². The Kier molecular flexibility index (Phi) is 10.2. The summed E-state index contributed by atoms with van der Waals surface area (Å²) >= 11 is 0. The van der Waals surface area contributed by atoms with E-state index in [-0.39, 0.29) is 6.61 Å². The zero-order valence-corrected chi connectivity index (χ0v) is 16.8. The number of rotatable bonds is 14. The van der Waals surface area contributed by atoms with Crippen LogP contribution in [0.3, 0.4) is 0 Å². The Labute approximate surface area is 170 Å². The van der Waals surface area contributed by atoms with Crippen LogP contribution in [0.2, 0.25) is 0 Å². The molecule has 4 N–H and O–H groups in total. The molecule has 1 aliphatic heterocycles. The number of nitrogens with two attached hydrogens (primary N) is 1. The van der Waals surface area contributed by atoms with Crippen molar-refractivity contribution in [2.45, 2.75) is 51.0 Å². The largest absolute Gasteiger partial charge is 0.480 e. The van der Waals surface area contributed by atoms with Crippen molar-refractivity contribution in [2.75, 3.05) is 44.7 Å². The monoisotopic (exact) mass is 414 g/mol. The highest BCUT2D eigenvalue weighted by atomic mass is 19.3. The van der Waals surface area contributed by atoms with Crippen LogP contribution in [0.5, 0.6) is 0 Å². The Morgan fingerprint density at radius 1 is 1.31 bits per heavy atom. The Balaban J connectivity index is 1.74. The zero-order valence-electron chi connectivity index (χ0n) is 16.8. The summed E-state index contributed by atoms with van der Waals surface area (Å²) in [6.45, 7) is 2.26. The Morgan fingerprint density at radius 2 is 2.14 bits per heavy atom. The lowest BCUT2D eigenvalue weighted by atomic mass is 10.1. The van der Waals surface area contributed by atoms with Gasteiger partial charge < -0.3 is 25.8 Å². The molecule has 2 heterocycles. The van der Waals surface area contributed by atoms with Gasteiger partial charge in [-0.25, -0.2) is 13.8 Å². The van der Waals surface area contributed by atoms with E-state index in [4.69, 9.17) is 15.6 Å². The van der Waals surface area contributed by atoms with Crippen LogP contribution in [0.15, 0.2) is 12.1 Å². The molecule has 164 valence electrons. The van der Waals surface area contributed by atoms with Gasteiger partial charge in [0.05, 0.1) is 6.61 Å². The molecule has 0 bridgehead atoms. The Hall–Kier alpha value is -1.84. The molecular formula is C20H32F2N4O3. The van der Waals surface area contributed by atoms with Crippen LogP contribution in [-0.4, -0.2) is 72.8 Å². The van der Waals surface area contributed by atoms with Crippen LogP contribution in [0.4, 0.5) is 14.6 Å². The van der Waals surface area contributed by atoms with Gasteiger partial charge in [0, 0.05) is 25.3 Å². The average molecular weight is 414 g/mol. The first kappa shape index (κ1) is 23.4. The summed E-state index contributed by atoms with van der Waals surface area (Å²) in [4.78, 5) is 17.6. The SMILES string of the molecule is N[C@@H](CCN(CCCCc1ccc2c(n1)NCCC2)CCOCC(F)F)C(=O)O. The molecule has 0 aliphatic carbocycles. The molecule has 9 heteroatoms. The molecule has 0 saturated carbocycles. The van der Waals surface area contributed by atoms with Crippen molar-refractivity contribution < 1.29 is 23.4 Å². The summed E-state index contributed by atoms with van der Waals surface area (Å²) in [5, 5.41) is 12.3. The summed E-state index contributed by atoms with van der Waals surface area (Å²) in [6.07, 6.45) is 2.71. The number of nitrogens with one attached hydrogen (secondary N) is 1. The molecule has 7 nitrogen and oxygen atoms in total. The second kappa shape index (κ2) is 12.7. The number of ether oxygens (including phenoxy) is 1. The van der Waals surface area contributed by atoms with Crippen LogP contribution in [0, 0.1) is 0 Å². The van der Waals surface area contributed by atoms with Gasteiger partial charge in [0.25, 0.3) is 6.43 Å². The van der Waals surface area contributed by atoms with Crippen molar-refractivity contribution in [3.05, 3.63) is 23.4 Å². The van der Waals surface area contributed by atoms with Gasteiger partial charge in [-0.1, -0.05) is 6.07 Å². The molecule has 1 aliphatic rings. The number of pyridine rings is 1. The molecular weight excluding hydrogens is 382 g/mol. The maximum absolute atomic E-state index is 12.2. The number of fused-ring (bicyclic) bond motifs is 1. The molecule has 0 fully saturated rings. The van der Waals surface area contributed by atoms with Crippen LogP contribution in [0.25, 0.3) is 0 Å². The van der Waals surface area contributed by atoms with Gasteiger partial charge in [0.2, 0.25) is 0 Å². The third-order valence-corrected chi connectivity index (χ3v) is 4.98. The number of hydrogen-bond donors (Lipinski definition) is 3. The average Bonchev–Trinajstić information content (AvgIpc) is 2.71. The van der Waals surface area contributed by atoms with E-state index in [2.05, 4.69) is 22.4 Å². The van der Waals surface area contributed by atoms with E-state index >= 15 is 0 Å². The summed E-state index contributed by atoms with van der Waals surface area (Å²) in [7, 11) is 0. The molecule has 1 aromatic rings. The minimum Gasteiger partial charge on any atom is -0.480 e. The number of aliphatic carboxylic acids is 1. The first-order chi connectivity index (χ1) is 14.0. The van der Waals surface area contributed by atoms with E-state index in [0.717, 1.165) is 56.7 Å².